The lowest BCUT2D eigenvalue weighted by atomic mass is 10.1. The summed E-state index contributed by atoms with van der Waals surface area (Å²) < 4.78 is 2.33. The lowest BCUT2D eigenvalue weighted by molar-refractivity contribution is 0.0945. The molecule has 1 fully saturated rings. The van der Waals surface area contributed by atoms with Gasteiger partial charge in [-0.1, -0.05) is 0 Å². The number of rotatable bonds is 3. The van der Waals surface area contributed by atoms with Crippen LogP contribution in [0.1, 0.15) is 28.9 Å². The molecule has 2 aromatic heterocycles. The second kappa shape index (κ2) is 8.66. The zero-order valence-corrected chi connectivity index (χ0v) is 16.5. The molecule has 1 aliphatic rings. The number of hydrogen-bond acceptors (Lipinski definition) is 5. The molecule has 0 aliphatic carbocycles. The first kappa shape index (κ1) is 22.1. The van der Waals surface area contributed by atoms with Crippen LogP contribution in [-0.4, -0.2) is 39.2 Å². The Morgan fingerprint density at radius 1 is 1.31 bits per heavy atom. The van der Waals surface area contributed by atoms with E-state index in [2.05, 4.69) is 15.6 Å². The number of hydrogen-bond donors (Lipinski definition) is 2. The Bertz CT molecular complexity index is 932. The van der Waals surface area contributed by atoms with Gasteiger partial charge < -0.3 is 10.6 Å². The van der Waals surface area contributed by atoms with E-state index in [4.69, 9.17) is 0 Å². The van der Waals surface area contributed by atoms with Crippen LogP contribution in [0.4, 0.5) is 0 Å². The molecule has 0 saturated carbocycles. The molecule has 144 valence electrons. The smallest absolute Gasteiger partial charge is 0.332 e. The third kappa shape index (κ3) is 3.92. The number of fused-ring (bicyclic) bond motifs is 1. The minimum atomic E-state index is -0.466. The van der Waals surface area contributed by atoms with Crippen LogP contribution in [0.3, 0.4) is 0 Å². The van der Waals surface area contributed by atoms with Crippen LogP contribution in [0.25, 0.3) is 11.0 Å². The summed E-state index contributed by atoms with van der Waals surface area (Å²) in [6, 6.07) is 1.87. The van der Waals surface area contributed by atoms with E-state index >= 15 is 0 Å². The van der Waals surface area contributed by atoms with Gasteiger partial charge in [-0.15, -0.1) is 24.8 Å². The minimum absolute atomic E-state index is 0. The number of pyridine rings is 1. The third-order valence-electron chi connectivity index (χ3n) is 4.51. The van der Waals surface area contributed by atoms with E-state index in [1.807, 2.05) is 0 Å². The molecule has 1 aliphatic heterocycles. The number of aromatic nitrogens is 3. The van der Waals surface area contributed by atoms with Crippen molar-refractivity contribution in [3.05, 3.63) is 38.2 Å². The molecule has 1 amide bonds. The van der Waals surface area contributed by atoms with E-state index in [0.29, 0.717) is 17.5 Å². The molecule has 0 bridgehead atoms. The van der Waals surface area contributed by atoms with Crippen molar-refractivity contribution in [1.29, 1.82) is 0 Å². The topological polar surface area (TPSA) is 98.0 Å². The van der Waals surface area contributed by atoms with Crippen molar-refractivity contribution in [2.75, 3.05) is 13.1 Å². The maximum absolute atomic E-state index is 12.4. The van der Waals surface area contributed by atoms with Crippen molar-refractivity contribution in [3.8, 4) is 0 Å². The highest BCUT2D eigenvalue weighted by Crippen LogP contribution is 2.13. The van der Waals surface area contributed by atoms with Crippen LogP contribution in [-0.2, 0) is 14.1 Å². The molecule has 3 rings (SSSR count). The monoisotopic (exact) mass is 403 g/mol. The van der Waals surface area contributed by atoms with Crippen LogP contribution in [0.2, 0.25) is 0 Å². The summed E-state index contributed by atoms with van der Waals surface area (Å²) in [6.07, 6.45) is 2.15. The molecule has 1 atom stereocenters. The summed E-state index contributed by atoms with van der Waals surface area (Å²) in [7, 11) is 2.97. The van der Waals surface area contributed by atoms with E-state index in [1.54, 1.807) is 20.0 Å². The fraction of sp³-hybridized carbons (Fsp3) is 0.500. The first-order valence-electron chi connectivity index (χ1n) is 7.99. The van der Waals surface area contributed by atoms with Gasteiger partial charge in [-0.25, -0.2) is 9.78 Å². The Balaban J connectivity index is 0.00000169. The molecule has 0 spiro atoms. The van der Waals surface area contributed by atoms with Gasteiger partial charge >= 0.3 is 5.69 Å². The molecule has 3 heterocycles. The van der Waals surface area contributed by atoms with E-state index in [0.717, 1.165) is 24.0 Å². The van der Waals surface area contributed by atoms with Crippen LogP contribution < -0.4 is 21.9 Å². The Labute approximate surface area is 162 Å². The summed E-state index contributed by atoms with van der Waals surface area (Å²) in [5, 5.41) is 6.52. The fourth-order valence-corrected chi connectivity index (χ4v) is 3.09. The van der Waals surface area contributed by atoms with Gasteiger partial charge in [0.2, 0.25) is 0 Å². The van der Waals surface area contributed by atoms with E-state index in [1.165, 1.54) is 11.6 Å². The first-order valence-corrected chi connectivity index (χ1v) is 7.99. The molecule has 8 nitrogen and oxygen atoms in total. The highest BCUT2D eigenvalue weighted by Gasteiger charge is 2.18. The second-order valence-corrected chi connectivity index (χ2v) is 6.23. The minimum Gasteiger partial charge on any atom is -0.349 e. The SMILES string of the molecule is Cc1cc(C(=O)NCC2CCCN2)nc2c1c(=O)n(C)c(=O)n2C.Cl.Cl. The number of halogens is 2. The fourth-order valence-electron chi connectivity index (χ4n) is 3.09. The Kier molecular flexibility index (Phi) is 7.37. The molecule has 0 aromatic carbocycles. The zero-order chi connectivity index (χ0) is 17.4. The number of aryl methyl sites for hydroxylation is 2. The predicted octanol–water partition coefficient (Wildman–Crippen LogP) is 0.266. The molecule has 0 radical (unpaired) electrons. The van der Waals surface area contributed by atoms with Gasteiger partial charge in [-0.2, -0.15) is 0 Å². The molecular formula is C16H23Cl2N5O3. The van der Waals surface area contributed by atoms with Gasteiger partial charge in [0.15, 0.2) is 0 Å². The summed E-state index contributed by atoms with van der Waals surface area (Å²) in [5.41, 5.74) is 0.196. The van der Waals surface area contributed by atoms with Crippen LogP contribution >= 0.6 is 24.8 Å². The Morgan fingerprint density at radius 2 is 2.00 bits per heavy atom. The van der Waals surface area contributed by atoms with Crippen molar-refractivity contribution in [3.63, 3.8) is 0 Å². The van der Waals surface area contributed by atoms with Crippen LogP contribution in [0, 0.1) is 6.92 Å². The predicted molar refractivity (Wildman–Crippen MR) is 105 cm³/mol. The maximum Gasteiger partial charge on any atom is 0.332 e. The quantitative estimate of drug-likeness (QED) is 0.765. The highest BCUT2D eigenvalue weighted by atomic mass is 35.5. The average Bonchev–Trinajstić information content (AvgIpc) is 3.08. The number of carbonyl (C=O) groups is 1. The van der Waals surface area contributed by atoms with Crippen molar-refractivity contribution in [2.24, 2.45) is 14.1 Å². The van der Waals surface area contributed by atoms with Gasteiger partial charge in [-0.3, -0.25) is 18.7 Å². The first-order chi connectivity index (χ1) is 11.4. The third-order valence-corrected chi connectivity index (χ3v) is 4.51. The number of nitrogens with one attached hydrogen (secondary N) is 2. The second-order valence-electron chi connectivity index (χ2n) is 6.23. The number of nitrogens with zero attached hydrogens (tertiary/aromatic N) is 3. The van der Waals surface area contributed by atoms with E-state index in [9.17, 15) is 14.4 Å². The van der Waals surface area contributed by atoms with Crippen molar-refractivity contribution in [1.82, 2.24) is 24.8 Å². The van der Waals surface area contributed by atoms with Gasteiger partial charge in [0.1, 0.15) is 11.3 Å². The van der Waals surface area contributed by atoms with Crippen molar-refractivity contribution in [2.45, 2.75) is 25.8 Å². The van der Waals surface area contributed by atoms with E-state index in [-0.39, 0.29) is 48.1 Å². The van der Waals surface area contributed by atoms with Gasteiger partial charge in [0.25, 0.3) is 11.5 Å². The summed E-state index contributed by atoms with van der Waals surface area (Å²) in [6.45, 7) is 3.25. The van der Waals surface area contributed by atoms with Gasteiger partial charge in [0.05, 0.1) is 5.39 Å². The average molecular weight is 404 g/mol. The van der Waals surface area contributed by atoms with Crippen molar-refractivity contribution >= 4 is 41.8 Å². The van der Waals surface area contributed by atoms with Gasteiger partial charge in [0, 0.05) is 26.7 Å². The summed E-state index contributed by atoms with van der Waals surface area (Å²) >= 11 is 0. The summed E-state index contributed by atoms with van der Waals surface area (Å²) in [5.74, 6) is -0.304. The summed E-state index contributed by atoms with van der Waals surface area (Å²) in [4.78, 5) is 41.0. The lowest BCUT2D eigenvalue weighted by Crippen LogP contribution is -2.39. The molecule has 10 heteroatoms. The van der Waals surface area contributed by atoms with Crippen LogP contribution in [0.15, 0.2) is 15.7 Å². The molecule has 2 aromatic rings. The molecule has 26 heavy (non-hydrogen) atoms. The lowest BCUT2D eigenvalue weighted by Gasteiger charge is -2.13. The standard InChI is InChI=1S/C16H21N5O3.2ClH/c1-9-7-11(14(22)18-8-10-5-4-6-17-10)19-13-12(9)15(23)21(3)16(24)20(13)2;;/h7,10,17H,4-6,8H2,1-3H3,(H,18,22);2*1H. The van der Waals surface area contributed by atoms with Gasteiger partial charge in [-0.05, 0) is 37.9 Å². The van der Waals surface area contributed by atoms with Crippen LogP contribution in [0.5, 0.6) is 0 Å². The molecule has 1 unspecified atom stereocenters. The number of carbonyl (C=O) groups excluding carboxylic acids is 1. The van der Waals surface area contributed by atoms with Crippen molar-refractivity contribution < 1.29 is 4.79 Å². The number of amides is 1. The maximum atomic E-state index is 12.4. The van der Waals surface area contributed by atoms with E-state index < -0.39 is 11.2 Å². The highest BCUT2D eigenvalue weighted by molar-refractivity contribution is 5.95. The molecular weight excluding hydrogens is 381 g/mol. The Morgan fingerprint density at radius 3 is 2.62 bits per heavy atom. The molecule has 1 saturated heterocycles. The normalized spacial score (nSPS) is 16.0. The zero-order valence-electron chi connectivity index (χ0n) is 14.9. The molecule has 2 N–H and O–H groups in total. The Hall–Kier alpha value is -1.90. The largest absolute Gasteiger partial charge is 0.349 e.